The van der Waals surface area contributed by atoms with Crippen molar-refractivity contribution in [1.29, 1.82) is 5.26 Å². The standard InChI is InChI=1S/C44H51FN10O6/c1-27-21-30(56)25-55(27)43(60)40(44(2,3)4)52-37(57)13-16-48-38(58)26-53-17-19-54(20-18-53)35-22-28(31-24-47-14-11-29(31)23-46)9-10-33(35)51-42(59)34-12-15-49-41(50-34)39-32(45)7-6-8-36(39)61-5/h6-12,14-15,22,24,27,30,40,56H,13,16-21,25-26H2,1-5H3,(H,48,58)(H,51,59)(H,52,57)/t27-,30-,40-/m1/s1. The highest BCUT2D eigenvalue weighted by Gasteiger charge is 2.40. The number of aliphatic hydroxyl groups is 1. The Labute approximate surface area is 354 Å². The summed E-state index contributed by atoms with van der Waals surface area (Å²) in [7, 11) is 1.41. The van der Waals surface area contributed by atoms with Crippen molar-refractivity contribution in [3.8, 4) is 34.3 Å². The molecule has 0 radical (unpaired) electrons. The summed E-state index contributed by atoms with van der Waals surface area (Å²) in [4.78, 5) is 71.6. The quantitative estimate of drug-likeness (QED) is 0.153. The molecule has 4 amide bonds. The van der Waals surface area contributed by atoms with E-state index in [2.05, 4.69) is 41.9 Å². The number of piperazine rings is 1. The highest BCUT2D eigenvalue weighted by Crippen LogP contribution is 2.35. The summed E-state index contributed by atoms with van der Waals surface area (Å²) in [5.41, 5.74) is 2.35. The van der Waals surface area contributed by atoms with Crippen molar-refractivity contribution in [2.24, 2.45) is 5.41 Å². The molecule has 16 nitrogen and oxygen atoms in total. The van der Waals surface area contributed by atoms with Crippen LogP contribution in [0.2, 0.25) is 0 Å². The Morgan fingerprint density at radius 1 is 1.05 bits per heavy atom. The van der Waals surface area contributed by atoms with Crippen LogP contribution in [0.3, 0.4) is 0 Å². The number of carbonyl (C=O) groups is 4. The van der Waals surface area contributed by atoms with Gasteiger partial charge >= 0.3 is 0 Å². The Bertz CT molecular complexity index is 2300. The lowest BCUT2D eigenvalue weighted by Gasteiger charge is -2.37. The molecule has 4 aromatic rings. The number of ether oxygens (including phenoxy) is 1. The first-order valence-corrected chi connectivity index (χ1v) is 20.1. The number of pyridine rings is 1. The van der Waals surface area contributed by atoms with Gasteiger partial charge in [0, 0.05) is 75.9 Å². The molecule has 2 fully saturated rings. The van der Waals surface area contributed by atoms with E-state index in [0.717, 1.165) is 0 Å². The largest absolute Gasteiger partial charge is 0.496 e. The number of amides is 4. The van der Waals surface area contributed by atoms with Gasteiger partial charge in [-0.05, 0) is 60.7 Å². The lowest BCUT2D eigenvalue weighted by Crippen LogP contribution is -2.55. The number of hydrogen-bond acceptors (Lipinski definition) is 12. The minimum absolute atomic E-state index is 0.00219. The Hall–Kier alpha value is -6.51. The number of benzene rings is 2. The monoisotopic (exact) mass is 834 g/mol. The van der Waals surface area contributed by atoms with Gasteiger partial charge in [-0.3, -0.25) is 29.1 Å². The third-order valence-corrected chi connectivity index (χ3v) is 10.8. The van der Waals surface area contributed by atoms with Gasteiger partial charge in [0.2, 0.25) is 17.7 Å². The van der Waals surface area contributed by atoms with Crippen LogP contribution in [-0.4, -0.2) is 125 Å². The van der Waals surface area contributed by atoms with Crippen LogP contribution in [-0.2, 0) is 14.4 Å². The van der Waals surface area contributed by atoms with E-state index in [1.54, 1.807) is 41.6 Å². The zero-order valence-electron chi connectivity index (χ0n) is 34.9. The molecule has 320 valence electrons. The molecule has 4 heterocycles. The van der Waals surface area contributed by atoms with Gasteiger partial charge in [-0.2, -0.15) is 5.26 Å². The van der Waals surface area contributed by atoms with Crippen LogP contribution in [0.25, 0.3) is 22.5 Å². The summed E-state index contributed by atoms with van der Waals surface area (Å²) >= 11 is 0. The van der Waals surface area contributed by atoms with E-state index in [0.29, 0.717) is 60.7 Å². The van der Waals surface area contributed by atoms with Gasteiger partial charge in [-0.25, -0.2) is 14.4 Å². The second-order valence-electron chi connectivity index (χ2n) is 16.3. The second kappa shape index (κ2) is 19.3. The van der Waals surface area contributed by atoms with Crippen molar-refractivity contribution < 1.29 is 33.4 Å². The van der Waals surface area contributed by atoms with Crippen molar-refractivity contribution in [2.75, 3.05) is 63.1 Å². The second-order valence-corrected chi connectivity index (χ2v) is 16.3. The number of nitrogens with zero attached hydrogens (tertiary/aromatic N) is 7. The number of anilines is 2. The topological polar surface area (TPSA) is 206 Å². The Morgan fingerprint density at radius 2 is 1.82 bits per heavy atom. The lowest BCUT2D eigenvalue weighted by molar-refractivity contribution is -0.140. The fraction of sp³-hybridized carbons (Fsp3) is 0.409. The number of hydrogen-bond donors (Lipinski definition) is 4. The van der Waals surface area contributed by atoms with Crippen LogP contribution < -0.4 is 25.6 Å². The molecule has 61 heavy (non-hydrogen) atoms. The number of rotatable bonds is 13. The van der Waals surface area contributed by atoms with Gasteiger partial charge in [-0.15, -0.1) is 0 Å². The number of likely N-dealkylation sites (tertiary alicyclic amines) is 1. The van der Waals surface area contributed by atoms with Gasteiger partial charge in [0.05, 0.1) is 48.3 Å². The number of β-amino-alcohol motifs (C(OH)–C–C–N with tert-alkyl or cyclic N) is 1. The van der Waals surface area contributed by atoms with Crippen LogP contribution in [0.15, 0.2) is 67.1 Å². The Morgan fingerprint density at radius 3 is 2.51 bits per heavy atom. The molecule has 2 aromatic heterocycles. The molecule has 0 spiro atoms. The van der Waals surface area contributed by atoms with E-state index < -0.39 is 29.3 Å². The maximum Gasteiger partial charge on any atom is 0.274 e. The predicted octanol–water partition coefficient (Wildman–Crippen LogP) is 3.62. The van der Waals surface area contributed by atoms with Gasteiger partial charge in [0.1, 0.15) is 23.3 Å². The number of methoxy groups -OCH3 is 1. The molecule has 2 aromatic carbocycles. The molecule has 0 bridgehead atoms. The predicted molar refractivity (Wildman–Crippen MR) is 226 cm³/mol. The number of aromatic nitrogens is 3. The van der Waals surface area contributed by atoms with Crippen LogP contribution >= 0.6 is 0 Å². The molecule has 6 rings (SSSR count). The number of halogens is 1. The normalized spacial score (nSPS) is 17.3. The van der Waals surface area contributed by atoms with E-state index in [1.807, 2.05) is 38.7 Å². The molecule has 17 heteroatoms. The molecule has 2 aliphatic rings. The summed E-state index contributed by atoms with van der Waals surface area (Å²) in [6.45, 7) is 9.88. The van der Waals surface area contributed by atoms with Gasteiger partial charge in [0.25, 0.3) is 5.91 Å². The lowest BCUT2D eigenvalue weighted by atomic mass is 9.85. The van der Waals surface area contributed by atoms with Gasteiger partial charge in [0.15, 0.2) is 5.82 Å². The van der Waals surface area contributed by atoms with E-state index in [4.69, 9.17) is 4.74 Å². The summed E-state index contributed by atoms with van der Waals surface area (Å²) in [6.07, 6.45) is 4.41. The van der Waals surface area contributed by atoms with Gasteiger partial charge < -0.3 is 35.6 Å². The Balaban J connectivity index is 1.09. The Kier molecular flexibility index (Phi) is 13.9. The average molecular weight is 835 g/mol. The summed E-state index contributed by atoms with van der Waals surface area (Å²) < 4.78 is 20.2. The van der Waals surface area contributed by atoms with Crippen molar-refractivity contribution in [1.82, 2.24) is 35.4 Å². The summed E-state index contributed by atoms with van der Waals surface area (Å²) in [5.74, 6) is -1.81. The van der Waals surface area contributed by atoms with E-state index in [1.165, 1.54) is 31.5 Å². The summed E-state index contributed by atoms with van der Waals surface area (Å²) in [6, 6.07) is 14.1. The number of aliphatic hydroxyl groups excluding tert-OH is 1. The van der Waals surface area contributed by atoms with Crippen LogP contribution in [0.1, 0.15) is 56.6 Å². The maximum absolute atomic E-state index is 14.9. The number of nitriles is 1. The maximum atomic E-state index is 14.9. The molecule has 2 aliphatic heterocycles. The molecule has 2 saturated heterocycles. The van der Waals surface area contributed by atoms with Crippen molar-refractivity contribution in [2.45, 2.75) is 58.7 Å². The zero-order chi connectivity index (χ0) is 43.8. The molecule has 0 unspecified atom stereocenters. The first-order valence-electron chi connectivity index (χ1n) is 20.1. The van der Waals surface area contributed by atoms with Crippen LogP contribution in [0, 0.1) is 22.6 Å². The van der Waals surface area contributed by atoms with Crippen molar-refractivity contribution in [3.05, 3.63) is 84.2 Å². The number of carbonyl (C=O) groups excluding carboxylic acids is 4. The molecule has 0 saturated carbocycles. The first kappa shape index (κ1) is 44.1. The molecule has 4 N–H and O–H groups in total. The van der Waals surface area contributed by atoms with Gasteiger partial charge in [-0.1, -0.05) is 32.9 Å². The molecular weight excluding hydrogens is 784 g/mol. The smallest absolute Gasteiger partial charge is 0.274 e. The van der Waals surface area contributed by atoms with E-state index >= 15 is 0 Å². The van der Waals surface area contributed by atoms with Crippen LogP contribution in [0.5, 0.6) is 5.75 Å². The van der Waals surface area contributed by atoms with Crippen molar-refractivity contribution in [3.63, 3.8) is 0 Å². The zero-order valence-corrected chi connectivity index (χ0v) is 34.9. The first-order chi connectivity index (χ1) is 29.2. The fourth-order valence-electron chi connectivity index (χ4n) is 7.55. The van der Waals surface area contributed by atoms with Crippen LogP contribution in [0.4, 0.5) is 15.8 Å². The summed E-state index contributed by atoms with van der Waals surface area (Å²) in [5, 5.41) is 28.5. The van der Waals surface area contributed by atoms with E-state index in [-0.39, 0.29) is 72.6 Å². The highest BCUT2D eigenvalue weighted by atomic mass is 19.1. The van der Waals surface area contributed by atoms with E-state index in [9.17, 15) is 33.9 Å². The molecular formula is C44H51FN10O6. The fourth-order valence-corrected chi connectivity index (χ4v) is 7.55. The molecule has 3 atom stereocenters. The molecule has 0 aliphatic carbocycles. The number of nitrogens with one attached hydrogen (secondary N) is 3. The third-order valence-electron chi connectivity index (χ3n) is 10.8. The minimum Gasteiger partial charge on any atom is -0.496 e. The SMILES string of the molecule is COc1cccc(F)c1-c1nccc(C(=O)Nc2ccc(-c3cnccc3C#N)cc2N2CCN(CC(=O)NCCC(=O)N[C@H](C(=O)N3C[C@H](O)C[C@H]3C)C(C)(C)C)CC2)n1. The van der Waals surface area contributed by atoms with Crippen molar-refractivity contribution >= 4 is 35.0 Å². The minimum atomic E-state index is -0.789. The average Bonchev–Trinajstić information content (AvgIpc) is 3.59. The third kappa shape index (κ3) is 10.6. The highest BCUT2D eigenvalue weighted by molar-refractivity contribution is 6.05.